The van der Waals surface area contributed by atoms with Gasteiger partial charge in [0.05, 0.1) is 25.2 Å². The Kier molecular flexibility index (Phi) is 4.88. The second-order valence-corrected chi connectivity index (χ2v) is 5.53. The van der Waals surface area contributed by atoms with Gasteiger partial charge in [0.2, 0.25) is 0 Å². The topological polar surface area (TPSA) is 73.6 Å². The van der Waals surface area contributed by atoms with Crippen molar-refractivity contribution in [2.24, 2.45) is 11.8 Å². The molecule has 2 atom stereocenters. The minimum atomic E-state index is -0.400. The summed E-state index contributed by atoms with van der Waals surface area (Å²) in [7, 11) is 2.99. The summed E-state index contributed by atoms with van der Waals surface area (Å²) < 4.78 is 10.3. The Bertz CT molecular complexity index is 519. The maximum atomic E-state index is 11.2. The zero-order valence-electron chi connectivity index (χ0n) is 12.7. The zero-order chi connectivity index (χ0) is 15.4. The summed E-state index contributed by atoms with van der Waals surface area (Å²) in [6, 6.07) is 3.04. The van der Waals surface area contributed by atoms with Crippen molar-refractivity contribution in [1.29, 1.82) is 0 Å². The maximum Gasteiger partial charge on any atom is 0.296 e. The molecule has 0 spiro atoms. The fourth-order valence-corrected chi connectivity index (χ4v) is 2.93. The number of hydrogen-bond acceptors (Lipinski definition) is 5. The summed E-state index contributed by atoms with van der Waals surface area (Å²) in [5.74, 6) is 2.09. The number of ether oxygens (including phenoxy) is 2. The normalized spacial score (nSPS) is 21.1. The molecule has 1 N–H and O–H groups in total. The molecule has 0 saturated heterocycles. The lowest BCUT2D eigenvalue weighted by Gasteiger charge is -2.17. The fraction of sp³-hybridized carbons (Fsp3) is 0.600. The highest BCUT2D eigenvalue weighted by Gasteiger charge is 2.25. The van der Waals surface area contributed by atoms with Gasteiger partial charge in [0.15, 0.2) is 11.5 Å². The first-order valence-corrected chi connectivity index (χ1v) is 7.21. The quantitative estimate of drug-likeness (QED) is 0.642. The highest BCUT2D eigenvalue weighted by Crippen LogP contribution is 2.38. The number of nitrogens with zero attached hydrogens (tertiary/aromatic N) is 1. The second-order valence-electron chi connectivity index (χ2n) is 5.53. The molecule has 116 valence electrons. The smallest absolute Gasteiger partial charge is 0.296 e. The van der Waals surface area contributed by atoms with Crippen LogP contribution in [0.1, 0.15) is 26.2 Å². The number of nitro groups is 1. The number of hydrogen-bond donors (Lipinski definition) is 1. The largest absolute Gasteiger partial charge is 0.493 e. The zero-order valence-corrected chi connectivity index (χ0v) is 12.7. The van der Waals surface area contributed by atoms with Crippen molar-refractivity contribution in [3.63, 3.8) is 0 Å². The third kappa shape index (κ3) is 3.37. The van der Waals surface area contributed by atoms with Crippen LogP contribution in [-0.4, -0.2) is 25.7 Å². The summed E-state index contributed by atoms with van der Waals surface area (Å²) in [4.78, 5) is 10.8. The van der Waals surface area contributed by atoms with Gasteiger partial charge in [-0.25, -0.2) is 0 Å². The van der Waals surface area contributed by atoms with Crippen LogP contribution in [-0.2, 0) is 0 Å². The standard InChI is InChI=1S/C15H22N2O4/c1-10-5-4-6-11(10)9-16-12-7-14(20-2)15(21-3)8-13(12)17(18)19/h7-8,10-11,16H,4-6,9H2,1-3H3. The molecule has 2 unspecified atom stereocenters. The molecule has 6 nitrogen and oxygen atoms in total. The summed E-state index contributed by atoms with van der Waals surface area (Å²) in [5, 5.41) is 14.4. The molecular weight excluding hydrogens is 272 g/mol. The summed E-state index contributed by atoms with van der Waals surface area (Å²) in [5.41, 5.74) is 0.495. The van der Waals surface area contributed by atoms with Crippen LogP contribution in [0.5, 0.6) is 11.5 Å². The molecule has 1 aromatic carbocycles. The van der Waals surface area contributed by atoms with Gasteiger partial charge >= 0.3 is 0 Å². The van der Waals surface area contributed by atoms with Crippen LogP contribution in [0.3, 0.4) is 0 Å². The third-order valence-corrected chi connectivity index (χ3v) is 4.29. The van der Waals surface area contributed by atoms with Gasteiger partial charge in [-0.3, -0.25) is 10.1 Å². The molecule has 0 aliphatic heterocycles. The SMILES string of the molecule is COc1cc(NCC2CCCC2C)c([N+](=O)[O-])cc1OC. The summed E-state index contributed by atoms with van der Waals surface area (Å²) in [6.07, 6.45) is 3.65. The number of methoxy groups -OCH3 is 2. The van der Waals surface area contributed by atoms with Crippen LogP contribution in [0.15, 0.2) is 12.1 Å². The van der Waals surface area contributed by atoms with E-state index in [9.17, 15) is 10.1 Å². The van der Waals surface area contributed by atoms with Gasteiger partial charge in [-0.2, -0.15) is 0 Å². The third-order valence-electron chi connectivity index (χ3n) is 4.29. The predicted octanol–water partition coefficient (Wildman–Crippen LogP) is 3.46. The number of rotatable bonds is 6. The van der Waals surface area contributed by atoms with Crippen molar-refractivity contribution in [1.82, 2.24) is 0 Å². The highest BCUT2D eigenvalue weighted by atomic mass is 16.6. The number of nitrogens with one attached hydrogen (secondary N) is 1. The van der Waals surface area contributed by atoms with Gasteiger partial charge in [0, 0.05) is 12.6 Å². The van der Waals surface area contributed by atoms with Crippen molar-refractivity contribution < 1.29 is 14.4 Å². The molecule has 2 rings (SSSR count). The van der Waals surface area contributed by atoms with Gasteiger partial charge < -0.3 is 14.8 Å². The maximum absolute atomic E-state index is 11.2. The molecule has 1 aliphatic carbocycles. The number of benzene rings is 1. The highest BCUT2D eigenvalue weighted by molar-refractivity contribution is 5.68. The molecule has 6 heteroatoms. The van der Waals surface area contributed by atoms with E-state index in [2.05, 4.69) is 12.2 Å². The Morgan fingerprint density at radius 3 is 2.48 bits per heavy atom. The van der Waals surface area contributed by atoms with Gasteiger partial charge in [-0.1, -0.05) is 19.8 Å². The molecule has 1 saturated carbocycles. The van der Waals surface area contributed by atoms with E-state index in [1.165, 1.54) is 39.5 Å². The molecule has 0 amide bonds. The van der Waals surface area contributed by atoms with Crippen LogP contribution >= 0.6 is 0 Å². The average Bonchev–Trinajstić information content (AvgIpc) is 2.89. The molecule has 21 heavy (non-hydrogen) atoms. The fourth-order valence-electron chi connectivity index (χ4n) is 2.93. The predicted molar refractivity (Wildman–Crippen MR) is 81.2 cm³/mol. The Morgan fingerprint density at radius 1 is 1.29 bits per heavy atom. The van der Waals surface area contributed by atoms with Crippen molar-refractivity contribution >= 4 is 11.4 Å². The van der Waals surface area contributed by atoms with Gasteiger partial charge in [-0.05, 0) is 18.3 Å². The first-order valence-electron chi connectivity index (χ1n) is 7.21. The van der Waals surface area contributed by atoms with E-state index in [4.69, 9.17) is 9.47 Å². The molecule has 0 heterocycles. The first-order chi connectivity index (χ1) is 10.1. The Hall–Kier alpha value is -1.98. The van der Waals surface area contributed by atoms with Crippen LogP contribution in [0.2, 0.25) is 0 Å². The van der Waals surface area contributed by atoms with Crippen molar-refractivity contribution in [3.8, 4) is 11.5 Å². The summed E-state index contributed by atoms with van der Waals surface area (Å²) >= 11 is 0. The minimum Gasteiger partial charge on any atom is -0.493 e. The van der Waals surface area contributed by atoms with E-state index in [1.807, 2.05) is 0 Å². The molecule has 0 radical (unpaired) electrons. The van der Waals surface area contributed by atoms with Crippen LogP contribution in [0.4, 0.5) is 11.4 Å². The van der Waals surface area contributed by atoms with E-state index >= 15 is 0 Å². The molecule has 1 aromatic rings. The monoisotopic (exact) mass is 294 g/mol. The van der Waals surface area contributed by atoms with E-state index < -0.39 is 4.92 Å². The second kappa shape index (κ2) is 6.65. The lowest BCUT2D eigenvalue weighted by atomic mass is 9.98. The lowest BCUT2D eigenvalue weighted by molar-refractivity contribution is -0.384. The Labute approximate surface area is 124 Å². The van der Waals surface area contributed by atoms with Crippen molar-refractivity contribution in [3.05, 3.63) is 22.2 Å². The molecule has 1 aliphatic rings. The first kappa shape index (κ1) is 15.4. The molecule has 1 fully saturated rings. The van der Waals surface area contributed by atoms with Gasteiger partial charge in [0.1, 0.15) is 5.69 Å². The molecule has 0 aromatic heterocycles. The minimum absolute atomic E-state index is 0.0123. The molecule has 0 bridgehead atoms. The van der Waals surface area contributed by atoms with Gasteiger partial charge in [-0.15, -0.1) is 0 Å². The van der Waals surface area contributed by atoms with Gasteiger partial charge in [0.25, 0.3) is 5.69 Å². The van der Waals surface area contributed by atoms with E-state index in [0.29, 0.717) is 29.0 Å². The van der Waals surface area contributed by atoms with Crippen LogP contribution in [0, 0.1) is 22.0 Å². The van der Waals surface area contributed by atoms with Crippen molar-refractivity contribution in [2.75, 3.05) is 26.1 Å². The molecular formula is C15H22N2O4. The Morgan fingerprint density at radius 2 is 1.95 bits per heavy atom. The van der Waals surface area contributed by atoms with E-state index in [0.717, 1.165) is 6.54 Å². The van der Waals surface area contributed by atoms with Crippen LogP contribution in [0.25, 0.3) is 0 Å². The average molecular weight is 294 g/mol. The number of nitro benzene ring substituents is 1. The number of anilines is 1. The van der Waals surface area contributed by atoms with Crippen LogP contribution < -0.4 is 14.8 Å². The Balaban J connectivity index is 2.21. The summed E-state index contributed by atoms with van der Waals surface area (Å²) in [6.45, 7) is 2.99. The lowest BCUT2D eigenvalue weighted by Crippen LogP contribution is -2.17. The van der Waals surface area contributed by atoms with E-state index in [-0.39, 0.29) is 5.69 Å². The van der Waals surface area contributed by atoms with Crippen molar-refractivity contribution in [2.45, 2.75) is 26.2 Å². The van der Waals surface area contributed by atoms with E-state index in [1.54, 1.807) is 6.07 Å².